The zero-order valence-electron chi connectivity index (χ0n) is 33.9. The van der Waals surface area contributed by atoms with Crippen molar-refractivity contribution in [3.8, 4) is 44.5 Å². The molecule has 0 N–H and O–H groups in total. The standard InChI is InChI=1S/C60H39NO/c1-3-14-40(15-4-1)48-34-49(41-16-5-2-6-17-41)36-50(35-48)44-26-28-45(29-27-44)55-39-56-59-57(24-13-25-58(59)62-60(56)54-23-12-11-22-53(54)55)61(51-32-30-42-18-7-9-20-46(42)37-51)52-33-31-43-19-8-10-21-47(43)38-52/h1-39H. The van der Waals surface area contributed by atoms with E-state index in [0.717, 1.165) is 55.3 Å². The average Bonchev–Trinajstić information content (AvgIpc) is 3.74. The van der Waals surface area contributed by atoms with Crippen LogP contribution in [0.15, 0.2) is 241 Å². The summed E-state index contributed by atoms with van der Waals surface area (Å²) in [6.07, 6.45) is 0. The molecule has 0 atom stereocenters. The molecule has 0 aliphatic rings. The van der Waals surface area contributed by atoms with Gasteiger partial charge in [-0.1, -0.05) is 176 Å². The first-order valence-corrected chi connectivity index (χ1v) is 21.2. The molecule has 12 aromatic rings. The molecule has 0 unspecified atom stereocenters. The Morgan fingerprint density at radius 3 is 1.35 bits per heavy atom. The fourth-order valence-corrected chi connectivity index (χ4v) is 9.34. The van der Waals surface area contributed by atoms with Gasteiger partial charge >= 0.3 is 0 Å². The summed E-state index contributed by atoms with van der Waals surface area (Å²) < 4.78 is 6.91. The number of anilines is 3. The first-order chi connectivity index (χ1) is 30.7. The van der Waals surface area contributed by atoms with Gasteiger partial charge in [-0.3, -0.25) is 0 Å². The van der Waals surface area contributed by atoms with Crippen molar-refractivity contribution in [3.63, 3.8) is 0 Å². The maximum Gasteiger partial charge on any atom is 0.143 e. The Bertz CT molecular complexity index is 3490. The minimum atomic E-state index is 0.856. The highest BCUT2D eigenvalue weighted by atomic mass is 16.3. The van der Waals surface area contributed by atoms with Gasteiger partial charge in [-0.2, -0.15) is 0 Å². The largest absolute Gasteiger partial charge is 0.455 e. The molecule has 11 aromatic carbocycles. The van der Waals surface area contributed by atoms with Crippen LogP contribution in [-0.4, -0.2) is 0 Å². The van der Waals surface area contributed by atoms with Gasteiger partial charge in [-0.05, 0) is 132 Å². The summed E-state index contributed by atoms with van der Waals surface area (Å²) in [6.45, 7) is 0. The molecule has 1 aromatic heterocycles. The number of hydrogen-bond acceptors (Lipinski definition) is 2. The first kappa shape index (κ1) is 35.7. The van der Waals surface area contributed by atoms with Crippen molar-refractivity contribution in [2.24, 2.45) is 0 Å². The predicted octanol–water partition coefficient (Wildman–Crippen LogP) is 17.2. The Kier molecular flexibility index (Phi) is 8.53. The lowest BCUT2D eigenvalue weighted by atomic mass is 9.91. The zero-order valence-corrected chi connectivity index (χ0v) is 33.9. The van der Waals surface area contributed by atoms with Gasteiger partial charge < -0.3 is 9.32 Å². The van der Waals surface area contributed by atoms with Crippen molar-refractivity contribution >= 4 is 71.3 Å². The van der Waals surface area contributed by atoms with Gasteiger partial charge in [0.2, 0.25) is 0 Å². The fraction of sp³-hybridized carbons (Fsp3) is 0. The van der Waals surface area contributed by atoms with E-state index >= 15 is 0 Å². The normalized spacial score (nSPS) is 11.5. The summed E-state index contributed by atoms with van der Waals surface area (Å²) in [5.74, 6) is 0. The second kappa shape index (κ2) is 14.8. The Hall–Kier alpha value is -8.20. The van der Waals surface area contributed by atoms with Crippen molar-refractivity contribution in [1.82, 2.24) is 0 Å². The molecule has 1 heterocycles. The summed E-state index contributed by atoms with van der Waals surface area (Å²) in [5.41, 5.74) is 14.5. The molecule has 0 aliphatic carbocycles. The molecule has 0 fully saturated rings. The molecule has 0 saturated carbocycles. The molecule has 0 amide bonds. The van der Waals surface area contributed by atoms with Gasteiger partial charge in [0.15, 0.2) is 0 Å². The first-order valence-electron chi connectivity index (χ1n) is 21.2. The molecule has 12 rings (SSSR count). The number of benzene rings is 11. The summed E-state index contributed by atoms with van der Waals surface area (Å²) in [4.78, 5) is 2.40. The average molecular weight is 790 g/mol. The summed E-state index contributed by atoms with van der Waals surface area (Å²) in [5, 5.41) is 9.24. The lowest BCUT2D eigenvalue weighted by Crippen LogP contribution is -2.10. The third kappa shape index (κ3) is 6.20. The van der Waals surface area contributed by atoms with Crippen LogP contribution in [0.4, 0.5) is 17.1 Å². The van der Waals surface area contributed by atoms with Gasteiger partial charge in [0.05, 0.1) is 11.1 Å². The van der Waals surface area contributed by atoms with Crippen LogP contribution >= 0.6 is 0 Å². The van der Waals surface area contributed by atoms with Gasteiger partial charge in [0.25, 0.3) is 0 Å². The van der Waals surface area contributed by atoms with E-state index in [9.17, 15) is 0 Å². The molecular weight excluding hydrogens is 751 g/mol. The third-order valence-corrected chi connectivity index (χ3v) is 12.4. The van der Waals surface area contributed by atoms with Gasteiger partial charge in [-0.15, -0.1) is 0 Å². The molecule has 2 heteroatoms. The highest BCUT2D eigenvalue weighted by Gasteiger charge is 2.22. The second-order valence-corrected chi connectivity index (χ2v) is 16.1. The minimum absolute atomic E-state index is 0.856. The molecule has 290 valence electrons. The number of nitrogens with zero attached hydrogens (tertiary/aromatic N) is 1. The Balaban J connectivity index is 1.04. The molecule has 0 spiro atoms. The van der Waals surface area contributed by atoms with Gasteiger partial charge in [-0.25, -0.2) is 0 Å². The maximum absolute atomic E-state index is 6.91. The molecular formula is C60H39NO. The van der Waals surface area contributed by atoms with Crippen LogP contribution in [-0.2, 0) is 0 Å². The van der Waals surface area contributed by atoms with Crippen LogP contribution in [0.1, 0.15) is 0 Å². The third-order valence-electron chi connectivity index (χ3n) is 12.4. The number of furan rings is 1. The second-order valence-electron chi connectivity index (χ2n) is 16.1. The smallest absolute Gasteiger partial charge is 0.143 e. The van der Waals surface area contributed by atoms with Crippen molar-refractivity contribution in [2.75, 3.05) is 4.90 Å². The predicted molar refractivity (Wildman–Crippen MR) is 263 cm³/mol. The number of hydrogen-bond donors (Lipinski definition) is 0. The van der Waals surface area contributed by atoms with E-state index in [1.165, 1.54) is 60.5 Å². The zero-order chi connectivity index (χ0) is 41.0. The van der Waals surface area contributed by atoms with E-state index in [-0.39, 0.29) is 0 Å². The van der Waals surface area contributed by atoms with Crippen LogP contribution in [0, 0.1) is 0 Å². The summed E-state index contributed by atoms with van der Waals surface area (Å²) in [6, 6.07) is 85.5. The van der Waals surface area contributed by atoms with Gasteiger partial charge in [0, 0.05) is 22.1 Å². The lowest BCUT2D eigenvalue weighted by Gasteiger charge is -2.27. The molecule has 62 heavy (non-hydrogen) atoms. The van der Waals surface area contributed by atoms with Crippen LogP contribution in [0.3, 0.4) is 0 Å². The number of rotatable bonds is 7. The van der Waals surface area contributed by atoms with E-state index in [2.05, 4.69) is 241 Å². The SMILES string of the molecule is c1ccc(-c2cc(-c3ccccc3)cc(-c3ccc(-c4cc5c(oc6cccc(N(c7ccc8ccccc8c7)c7ccc8ccccc8c7)c65)c5ccccc45)cc3)c2)cc1. The number of fused-ring (bicyclic) bond motifs is 7. The topological polar surface area (TPSA) is 16.4 Å². The Morgan fingerprint density at radius 1 is 0.290 bits per heavy atom. The molecule has 0 saturated heterocycles. The highest BCUT2D eigenvalue weighted by molar-refractivity contribution is 6.22. The van der Waals surface area contributed by atoms with E-state index in [0.29, 0.717) is 0 Å². The van der Waals surface area contributed by atoms with Crippen molar-refractivity contribution in [2.45, 2.75) is 0 Å². The molecule has 0 bridgehead atoms. The van der Waals surface area contributed by atoms with Crippen LogP contribution in [0.25, 0.3) is 98.8 Å². The summed E-state index contributed by atoms with van der Waals surface area (Å²) >= 11 is 0. The van der Waals surface area contributed by atoms with Crippen molar-refractivity contribution in [1.29, 1.82) is 0 Å². The lowest BCUT2D eigenvalue weighted by molar-refractivity contribution is 0.672. The van der Waals surface area contributed by atoms with Crippen LogP contribution in [0.2, 0.25) is 0 Å². The molecule has 2 nitrogen and oxygen atoms in total. The monoisotopic (exact) mass is 789 g/mol. The maximum atomic E-state index is 6.91. The van der Waals surface area contributed by atoms with E-state index in [1.807, 2.05) is 0 Å². The molecule has 0 aliphatic heterocycles. The fourth-order valence-electron chi connectivity index (χ4n) is 9.34. The van der Waals surface area contributed by atoms with Crippen LogP contribution in [0.5, 0.6) is 0 Å². The quantitative estimate of drug-likeness (QED) is 0.160. The highest BCUT2D eigenvalue weighted by Crippen LogP contribution is 2.47. The van der Waals surface area contributed by atoms with Crippen molar-refractivity contribution < 1.29 is 4.42 Å². The van der Waals surface area contributed by atoms with E-state index in [4.69, 9.17) is 4.42 Å². The Morgan fingerprint density at radius 2 is 0.774 bits per heavy atom. The van der Waals surface area contributed by atoms with E-state index < -0.39 is 0 Å². The van der Waals surface area contributed by atoms with Gasteiger partial charge in [0.1, 0.15) is 11.2 Å². The molecule has 0 radical (unpaired) electrons. The summed E-state index contributed by atoms with van der Waals surface area (Å²) in [7, 11) is 0. The van der Waals surface area contributed by atoms with Crippen molar-refractivity contribution in [3.05, 3.63) is 237 Å². The minimum Gasteiger partial charge on any atom is -0.455 e. The Labute approximate surface area is 360 Å². The van der Waals surface area contributed by atoms with E-state index in [1.54, 1.807) is 0 Å². The van der Waals surface area contributed by atoms with Crippen LogP contribution < -0.4 is 4.90 Å².